The molecule has 1 N–H and O–H groups in total. The van der Waals surface area contributed by atoms with Crippen LogP contribution in [0.5, 0.6) is 0 Å². The maximum absolute atomic E-state index is 4.47. The number of nitrogens with one attached hydrogen (secondary N) is 1. The molecule has 2 heteroatoms. The molecule has 1 saturated carbocycles. The molecule has 1 atom stereocenters. The van der Waals surface area contributed by atoms with E-state index < -0.39 is 0 Å². The summed E-state index contributed by atoms with van der Waals surface area (Å²) in [5.74, 6) is 0.828. The van der Waals surface area contributed by atoms with Crippen molar-refractivity contribution < 1.29 is 0 Å². The lowest BCUT2D eigenvalue weighted by molar-refractivity contribution is 0.431. The van der Waals surface area contributed by atoms with E-state index in [4.69, 9.17) is 0 Å². The lowest BCUT2D eigenvalue weighted by atomic mass is 9.89. The van der Waals surface area contributed by atoms with Crippen molar-refractivity contribution in [1.29, 1.82) is 0 Å². The predicted octanol–water partition coefficient (Wildman–Crippen LogP) is 2.94. The van der Waals surface area contributed by atoms with Crippen LogP contribution in [0.15, 0.2) is 5.10 Å². The quantitative estimate of drug-likeness (QED) is 0.619. The van der Waals surface area contributed by atoms with Crippen LogP contribution in [0.25, 0.3) is 0 Å². The predicted molar refractivity (Wildman–Crippen MR) is 58.0 cm³/mol. The highest BCUT2D eigenvalue weighted by Crippen LogP contribution is 2.21. The van der Waals surface area contributed by atoms with Gasteiger partial charge < -0.3 is 5.43 Å². The first-order chi connectivity index (χ1) is 5.97. The lowest BCUT2D eigenvalue weighted by Crippen LogP contribution is -2.32. The second-order valence-corrected chi connectivity index (χ2v) is 5.24. The summed E-state index contributed by atoms with van der Waals surface area (Å²) in [6, 6.07) is 0. The fourth-order valence-electron chi connectivity index (χ4n) is 1.61. The van der Waals surface area contributed by atoms with Crippen molar-refractivity contribution in [3.63, 3.8) is 0 Å². The molecule has 0 aliphatic heterocycles. The Labute approximate surface area is 81.8 Å². The van der Waals surface area contributed by atoms with Gasteiger partial charge in [0.2, 0.25) is 0 Å². The number of hydrogen-bond donors (Lipinski definition) is 1. The first-order valence-corrected chi connectivity index (χ1v) is 5.30. The maximum Gasteiger partial charge on any atom is 0.0464 e. The van der Waals surface area contributed by atoms with Crippen LogP contribution in [-0.2, 0) is 0 Å². The van der Waals surface area contributed by atoms with Crippen LogP contribution in [0.3, 0.4) is 0 Å². The zero-order valence-corrected chi connectivity index (χ0v) is 9.35. The Balaban J connectivity index is 2.42. The molecule has 13 heavy (non-hydrogen) atoms. The highest BCUT2D eigenvalue weighted by atomic mass is 15.3. The van der Waals surface area contributed by atoms with Crippen LogP contribution in [0.2, 0.25) is 0 Å². The van der Waals surface area contributed by atoms with Crippen LogP contribution >= 0.6 is 0 Å². The molecular formula is C11H22N2. The highest BCUT2D eigenvalue weighted by molar-refractivity contribution is 5.85. The van der Waals surface area contributed by atoms with Gasteiger partial charge in [-0.05, 0) is 52.4 Å². The average molecular weight is 182 g/mol. The standard InChI is InChI=1S/C11H22N2/c1-9-6-5-7-10(8-9)12-13-11(2,3)4/h9,13H,5-8H2,1-4H3/b12-10+. The highest BCUT2D eigenvalue weighted by Gasteiger charge is 2.15. The van der Waals surface area contributed by atoms with Crippen LogP contribution in [-0.4, -0.2) is 11.3 Å². The van der Waals surface area contributed by atoms with Crippen LogP contribution in [0.4, 0.5) is 0 Å². The molecule has 1 rings (SSSR count). The molecule has 0 aromatic rings. The smallest absolute Gasteiger partial charge is 0.0464 e. The number of rotatable bonds is 1. The zero-order valence-electron chi connectivity index (χ0n) is 9.35. The molecule has 1 fully saturated rings. The molecule has 0 radical (unpaired) electrons. The zero-order chi connectivity index (χ0) is 9.90. The molecule has 0 bridgehead atoms. The van der Waals surface area contributed by atoms with E-state index in [2.05, 4.69) is 38.2 Å². The Bertz CT molecular complexity index is 189. The van der Waals surface area contributed by atoms with Crippen molar-refractivity contribution >= 4 is 5.71 Å². The van der Waals surface area contributed by atoms with E-state index in [1.54, 1.807) is 0 Å². The van der Waals surface area contributed by atoms with Crippen molar-refractivity contribution in [3.05, 3.63) is 0 Å². The first kappa shape index (κ1) is 10.6. The topological polar surface area (TPSA) is 24.4 Å². The van der Waals surface area contributed by atoms with Gasteiger partial charge >= 0.3 is 0 Å². The van der Waals surface area contributed by atoms with Gasteiger partial charge in [0.1, 0.15) is 0 Å². The molecule has 0 aromatic heterocycles. The van der Waals surface area contributed by atoms with E-state index in [1.165, 1.54) is 31.4 Å². The minimum absolute atomic E-state index is 0.105. The van der Waals surface area contributed by atoms with Crippen LogP contribution in [0, 0.1) is 5.92 Å². The molecular weight excluding hydrogens is 160 g/mol. The summed E-state index contributed by atoms with van der Waals surface area (Å²) >= 11 is 0. The molecule has 0 spiro atoms. The molecule has 1 aliphatic rings. The summed E-state index contributed by atoms with van der Waals surface area (Å²) < 4.78 is 0. The van der Waals surface area contributed by atoms with E-state index in [0.717, 1.165) is 5.92 Å². The third kappa shape index (κ3) is 4.30. The summed E-state index contributed by atoms with van der Waals surface area (Å²) in [6.45, 7) is 8.74. The van der Waals surface area contributed by atoms with Gasteiger partial charge in [-0.1, -0.05) is 6.92 Å². The Morgan fingerprint density at radius 3 is 2.62 bits per heavy atom. The van der Waals surface area contributed by atoms with Gasteiger partial charge in [0, 0.05) is 11.3 Å². The van der Waals surface area contributed by atoms with Gasteiger partial charge in [0.05, 0.1) is 0 Å². The van der Waals surface area contributed by atoms with E-state index in [0.29, 0.717) is 0 Å². The normalized spacial score (nSPS) is 27.7. The molecule has 1 aliphatic carbocycles. The van der Waals surface area contributed by atoms with Crippen LogP contribution < -0.4 is 5.43 Å². The Hall–Kier alpha value is -0.530. The van der Waals surface area contributed by atoms with Gasteiger partial charge in [-0.25, -0.2) is 0 Å². The van der Waals surface area contributed by atoms with Crippen molar-refractivity contribution in [2.75, 3.05) is 0 Å². The Morgan fingerprint density at radius 1 is 1.38 bits per heavy atom. The third-order valence-corrected chi connectivity index (χ3v) is 2.30. The van der Waals surface area contributed by atoms with Crippen LogP contribution in [0.1, 0.15) is 53.4 Å². The summed E-state index contributed by atoms with van der Waals surface area (Å²) in [4.78, 5) is 0. The summed E-state index contributed by atoms with van der Waals surface area (Å²) in [5, 5.41) is 4.47. The first-order valence-electron chi connectivity index (χ1n) is 5.30. The van der Waals surface area contributed by atoms with Crippen molar-refractivity contribution in [2.24, 2.45) is 11.0 Å². The molecule has 0 aromatic carbocycles. The van der Waals surface area contributed by atoms with E-state index in [1.807, 2.05) is 0 Å². The minimum Gasteiger partial charge on any atom is -0.305 e. The van der Waals surface area contributed by atoms with E-state index in [-0.39, 0.29) is 5.54 Å². The Kier molecular flexibility index (Phi) is 3.34. The fourth-order valence-corrected chi connectivity index (χ4v) is 1.61. The maximum atomic E-state index is 4.47. The van der Waals surface area contributed by atoms with E-state index >= 15 is 0 Å². The van der Waals surface area contributed by atoms with E-state index in [9.17, 15) is 0 Å². The van der Waals surface area contributed by atoms with Gasteiger partial charge in [0.25, 0.3) is 0 Å². The number of hydrazone groups is 1. The summed E-state index contributed by atoms with van der Waals surface area (Å²) in [5.41, 5.74) is 4.66. The monoisotopic (exact) mass is 182 g/mol. The second kappa shape index (κ2) is 4.12. The molecule has 1 unspecified atom stereocenters. The summed E-state index contributed by atoms with van der Waals surface area (Å²) in [7, 11) is 0. The Morgan fingerprint density at radius 2 is 2.08 bits per heavy atom. The average Bonchev–Trinajstić information content (AvgIpc) is 2.00. The molecule has 0 amide bonds. The number of hydrogen-bond acceptors (Lipinski definition) is 2. The molecule has 76 valence electrons. The van der Waals surface area contributed by atoms with Gasteiger partial charge in [-0.15, -0.1) is 0 Å². The molecule has 0 saturated heterocycles. The van der Waals surface area contributed by atoms with Gasteiger partial charge in [-0.2, -0.15) is 5.10 Å². The largest absolute Gasteiger partial charge is 0.305 e. The SMILES string of the molecule is CC1CCC/C(=N\NC(C)(C)C)C1. The fraction of sp³-hybridized carbons (Fsp3) is 0.909. The third-order valence-electron chi connectivity index (χ3n) is 2.30. The van der Waals surface area contributed by atoms with Gasteiger partial charge in [0.15, 0.2) is 0 Å². The lowest BCUT2D eigenvalue weighted by Gasteiger charge is -2.23. The van der Waals surface area contributed by atoms with Crippen molar-refractivity contribution in [1.82, 2.24) is 5.43 Å². The van der Waals surface area contributed by atoms with Crippen molar-refractivity contribution in [3.8, 4) is 0 Å². The minimum atomic E-state index is 0.105. The molecule has 0 heterocycles. The van der Waals surface area contributed by atoms with Gasteiger partial charge in [-0.3, -0.25) is 0 Å². The van der Waals surface area contributed by atoms with Crippen molar-refractivity contribution in [2.45, 2.75) is 58.9 Å². The summed E-state index contributed by atoms with van der Waals surface area (Å²) in [6.07, 6.45) is 5.05. The number of nitrogens with zero attached hydrogens (tertiary/aromatic N) is 1. The molecule has 2 nitrogen and oxygen atoms in total. The second-order valence-electron chi connectivity index (χ2n) is 5.24.